The molecule has 2 heteroatoms. The van der Waals surface area contributed by atoms with Gasteiger partial charge in [0.05, 0.1) is 7.11 Å². The van der Waals surface area contributed by atoms with Crippen LogP contribution in [0, 0.1) is 11.5 Å². The summed E-state index contributed by atoms with van der Waals surface area (Å²) in [4.78, 5) is 0. The largest absolute Gasteiger partial charge is 0.497 e. The molecule has 0 aromatic heterocycles. The summed E-state index contributed by atoms with van der Waals surface area (Å²) in [7, 11) is 0.0565. The third-order valence-electron chi connectivity index (χ3n) is 4.36. The van der Waals surface area contributed by atoms with Crippen molar-refractivity contribution in [2.45, 2.75) is 58.2 Å². The zero-order valence-electron chi connectivity index (χ0n) is 13.9. The molecule has 0 bridgehead atoms. The molecule has 0 N–H and O–H groups in total. The molecule has 0 heterocycles. The van der Waals surface area contributed by atoms with Gasteiger partial charge in [-0.2, -0.15) is 0 Å². The van der Waals surface area contributed by atoms with Gasteiger partial charge in [-0.15, -0.1) is 5.54 Å². The van der Waals surface area contributed by atoms with Crippen LogP contribution < -0.4 is 4.74 Å². The highest BCUT2D eigenvalue weighted by Gasteiger charge is 2.41. The fourth-order valence-corrected chi connectivity index (χ4v) is 8.54. The molecule has 0 atom stereocenters. The Morgan fingerprint density at radius 1 is 0.950 bits per heavy atom. The predicted octanol–water partition coefficient (Wildman–Crippen LogP) is 5.26. The van der Waals surface area contributed by atoms with Crippen LogP contribution >= 0.6 is 0 Å². The molecule has 1 aromatic rings. The second-order valence-corrected chi connectivity index (χ2v) is 12.0. The Labute approximate surface area is 125 Å². The molecule has 1 aromatic carbocycles. The Hall–Kier alpha value is -1.20. The number of ether oxygens (including phenoxy) is 1. The molecule has 1 nitrogen and oxygen atoms in total. The Bertz CT molecular complexity index is 470. The summed E-state index contributed by atoms with van der Waals surface area (Å²) in [5.41, 5.74) is 6.79. The summed E-state index contributed by atoms with van der Waals surface area (Å²) in [5, 5.41) is 0. The van der Waals surface area contributed by atoms with E-state index in [1.54, 1.807) is 7.11 Å². The van der Waals surface area contributed by atoms with Crippen LogP contribution in [0.4, 0.5) is 0 Å². The second-order valence-electron chi connectivity index (χ2n) is 6.38. The van der Waals surface area contributed by atoms with E-state index in [1.807, 2.05) is 18.2 Å². The van der Waals surface area contributed by atoms with Crippen molar-refractivity contribution >= 4 is 8.07 Å². The first-order chi connectivity index (χ1) is 9.34. The predicted molar refractivity (Wildman–Crippen MR) is 90.9 cm³/mol. The third kappa shape index (κ3) is 3.46. The molecular formula is C18H28OSi. The van der Waals surface area contributed by atoms with Crippen molar-refractivity contribution in [1.82, 2.24) is 0 Å². The lowest BCUT2D eigenvalue weighted by Crippen LogP contribution is -2.43. The fourth-order valence-electron chi connectivity index (χ4n) is 3.31. The van der Waals surface area contributed by atoms with Gasteiger partial charge >= 0.3 is 0 Å². The van der Waals surface area contributed by atoms with Gasteiger partial charge in [0.1, 0.15) is 13.8 Å². The fraction of sp³-hybridized carbons (Fsp3) is 0.556. The second kappa shape index (κ2) is 6.99. The van der Waals surface area contributed by atoms with E-state index in [1.165, 1.54) is 0 Å². The monoisotopic (exact) mass is 288 g/mol. The van der Waals surface area contributed by atoms with Gasteiger partial charge < -0.3 is 4.74 Å². The molecule has 0 spiro atoms. The van der Waals surface area contributed by atoms with Gasteiger partial charge in [0.2, 0.25) is 0 Å². The van der Waals surface area contributed by atoms with Gasteiger partial charge in [-0.05, 0) is 34.8 Å². The van der Waals surface area contributed by atoms with Crippen molar-refractivity contribution in [1.29, 1.82) is 0 Å². The maximum atomic E-state index is 5.27. The van der Waals surface area contributed by atoms with Gasteiger partial charge in [0.25, 0.3) is 0 Å². The normalized spacial score (nSPS) is 11.7. The maximum Gasteiger partial charge on any atom is 0.146 e. The first kappa shape index (κ1) is 16.9. The van der Waals surface area contributed by atoms with E-state index in [9.17, 15) is 0 Å². The molecular weight excluding hydrogens is 260 g/mol. The number of methoxy groups -OCH3 is 1. The Kier molecular flexibility index (Phi) is 5.89. The third-order valence-corrected chi connectivity index (χ3v) is 10.6. The van der Waals surface area contributed by atoms with Gasteiger partial charge in [-0.3, -0.25) is 0 Å². The number of hydrogen-bond donors (Lipinski definition) is 0. The summed E-state index contributed by atoms with van der Waals surface area (Å²) in [6, 6.07) is 8.05. The van der Waals surface area contributed by atoms with Crippen molar-refractivity contribution in [2.75, 3.05) is 7.11 Å². The minimum atomic E-state index is -1.64. The average Bonchev–Trinajstić information content (AvgIpc) is 2.38. The van der Waals surface area contributed by atoms with Crippen LogP contribution in [-0.2, 0) is 0 Å². The molecule has 0 aliphatic carbocycles. The van der Waals surface area contributed by atoms with Crippen molar-refractivity contribution in [3.8, 4) is 17.2 Å². The van der Waals surface area contributed by atoms with Crippen LogP contribution in [-0.4, -0.2) is 15.2 Å². The SMILES string of the molecule is COc1cccc(C#C[Si](C(C)C)(C(C)C)C(C)C)c1. The standard InChI is InChI=1S/C18H28OSi/c1-14(2)20(15(3)4,16(5)6)12-11-17-9-8-10-18(13-17)19-7/h8-10,13-16H,1-7H3. The lowest BCUT2D eigenvalue weighted by Gasteiger charge is -2.38. The number of rotatable bonds is 4. The van der Waals surface area contributed by atoms with Gasteiger partial charge in [0, 0.05) is 5.56 Å². The topological polar surface area (TPSA) is 9.23 Å². The summed E-state index contributed by atoms with van der Waals surface area (Å²) < 4.78 is 5.27. The molecule has 0 amide bonds. The molecule has 0 unspecified atom stereocenters. The molecule has 0 saturated carbocycles. The van der Waals surface area contributed by atoms with Gasteiger partial charge in [0.15, 0.2) is 0 Å². The summed E-state index contributed by atoms with van der Waals surface area (Å²) in [5.74, 6) is 4.31. The van der Waals surface area contributed by atoms with E-state index in [0.29, 0.717) is 16.6 Å². The zero-order chi connectivity index (χ0) is 15.3. The minimum absolute atomic E-state index is 0.667. The molecule has 110 valence electrons. The summed E-state index contributed by atoms with van der Waals surface area (Å²) >= 11 is 0. The average molecular weight is 289 g/mol. The summed E-state index contributed by atoms with van der Waals surface area (Å²) in [6.45, 7) is 14.0. The quantitative estimate of drug-likeness (QED) is 0.542. The van der Waals surface area contributed by atoms with E-state index < -0.39 is 8.07 Å². The van der Waals surface area contributed by atoms with Crippen LogP contribution in [0.2, 0.25) is 16.6 Å². The Morgan fingerprint density at radius 3 is 1.95 bits per heavy atom. The van der Waals surface area contributed by atoms with E-state index >= 15 is 0 Å². The Morgan fingerprint density at radius 2 is 1.50 bits per heavy atom. The lowest BCUT2D eigenvalue weighted by molar-refractivity contribution is 0.414. The highest BCUT2D eigenvalue weighted by molar-refractivity contribution is 6.90. The molecule has 20 heavy (non-hydrogen) atoms. The van der Waals surface area contributed by atoms with E-state index in [0.717, 1.165) is 11.3 Å². The first-order valence-corrected chi connectivity index (χ1v) is 9.75. The number of benzene rings is 1. The highest BCUT2D eigenvalue weighted by Crippen LogP contribution is 2.40. The minimum Gasteiger partial charge on any atom is -0.497 e. The molecule has 0 aliphatic heterocycles. The van der Waals surface area contributed by atoms with Crippen molar-refractivity contribution < 1.29 is 4.74 Å². The van der Waals surface area contributed by atoms with Crippen LogP contribution in [0.1, 0.15) is 47.1 Å². The molecule has 0 radical (unpaired) electrons. The Balaban J connectivity index is 3.23. The van der Waals surface area contributed by atoms with E-state index in [4.69, 9.17) is 4.74 Å². The van der Waals surface area contributed by atoms with E-state index in [-0.39, 0.29) is 0 Å². The van der Waals surface area contributed by atoms with Crippen molar-refractivity contribution in [2.24, 2.45) is 0 Å². The van der Waals surface area contributed by atoms with Gasteiger partial charge in [-0.1, -0.05) is 53.5 Å². The molecule has 1 rings (SSSR count). The van der Waals surface area contributed by atoms with Crippen molar-refractivity contribution in [3.05, 3.63) is 29.8 Å². The van der Waals surface area contributed by atoms with Crippen molar-refractivity contribution in [3.63, 3.8) is 0 Å². The van der Waals surface area contributed by atoms with E-state index in [2.05, 4.69) is 59.1 Å². The molecule has 0 fully saturated rings. The van der Waals surface area contributed by atoms with Crippen LogP contribution in [0.15, 0.2) is 24.3 Å². The van der Waals surface area contributed by atoms with Crippen LogP contribution in [0.3, 0.4) is 0 Å². The zero-order valence-corrected chi connectivity index (χ0v) is 14.9. The maximum absolute atomic E-state index is 5.27. The van der Waals surface area contributed by atoms with Gasteiger partial charge in [-0.25, -0.2) is 0 Å². The molecule has 0 saturated heterocycles. The van der Waals surface area contributed by atoms with Crippen LogP contribution in [0.5, 0.6) is 5.75 Å². The number of hydrogen-bond acceptors (Lipinski definition) is 1. The smallest absolute Gasteiger partial charge is 0.146 e. The first-order valence-electron chi connectivity index (χ1n) is 7.51. The van der Waals surface area contributed by atoms with Crippen LogP contribution in [0.25, 0.3) is 0 Å². The highest BCUT2D eigenvalue weighted by atomic mass is 28.3. The summed E-state index contributed by atoms with van der Waals surface area (Å²) in [6.07, 6.45) is 0. The lowest BCUT2D eigenvalue weighted by atomic mass is 10.2. The molecule has 0 aliphatic rings.